The summed E-state index contributed by atoms with van der Waals surface area (Å²) in [6, 6.07) is 8.66. The summed E-state index contributed by atoms with van der Waals surface area (Å²) in [4.78, 5) is 11.5. The summed E-state index contributed by atoms with van der Waals surface area (Å²) in [7, 11) is 0. The van der Waals surface area contributed by atoms with Gasteiger partial charge < -0.3 is 10.5 Å². The van der Waals surface area contributed by atoms with Gasteiger partial charge in [-0.05, 0) is 55.6 Å². The number of benzene rings is 1. The molecule has 110 valence electrons. The standard InChI is InChI=1S/C17H25NO2/c1-2-20-17(19)11-13-3-7-15(8-4-13)16-9-5-14(12-18)6-10-16/h5-6,9-10,13,15H,2-4,7-8,11-12,18H2,1H3. The first-order valence-corrected chi connectivity index (χ1v) is 7.67. The molecule has 0 unspecified atom stereocenters. The highest BCUT2D eigenvalue weighted by molar-refractivity contribution is 5.69. The fourth-order valence-electron chi connectivity index (χ4n) is 3.08. The molecule has 0 heterocycles. The SMILES string of the molecule is CCOC(=O)CC1CCC(c2ccc(CN)cc2)CC1. The molecule has 0 bridgehead atoms. The van der Waals surface area contributed by atoms with Gasteiger partial charge in [-0.1, -0.05) is 24.3 Å². The second-order valence-corrected chi connectivity index (χ2v) is 5.67. The Morgan fingerprint density at radius 2 is 1.85 bits per heavy atom. The third-order valence-electron chi connectivity index (χ3n) is 4.29. The first-order chi connectivity index (χ1) is 9.72. The van der Waals surface area contributed by atoms with Crippen molar-refractivity contribution in [3.63, 3.8) is 0 Å². The molecule has 1 aromatic rings. The lowest BCUT2D eigenvalue weighted by molar-refractivity contribution is -0.144. The maximum atomic E-state index is 11.5. The number of hydrogen-bond acceptors (Lipinski definition) is 3. The van der Waals surface area contributed by atoms with E-state index in [2.05, 4.69) is 24.3 Å². The Morgan fingerprint density at radius 1 is 1.20 bits per heavy atom. The number of carbonyl (C=O) groups excluding carboxylic acids is 1. The van der Waals surface area contributed by atoms with E-state index in [1.165, 1.54) is 24.0 Å². The van der Waals surface area contributed by atoms with E-state index in [1.807, 2.05) is 6.92 Å². The molecule has 1 aliphatic rings. The monoisotopic (exact) mass is 275 g/mol. The summed E-state index contributed by atoms with van der Waals surface area (Å²) in [5.74, 6) is 1.11. The van der Waals surface area contributed by atoms with Crippen molar-refractivity contribution in [2.24, 2.45) is 11.7 Å². The maximum Gasteiger partial charge on any atom is 0.306 e. The molecule has 0 aromatic heterocycles. The van der Waals surface area contributed by atoms with Gasteiger partial charge in [-0.15, -0.1) is 0 Å². The van der Waals surface area contributed by atoms with Gasteiger partial charge in [0.15, 0.2) is 0 Å². The van der Waals surface area contributed by atoms with Gasteiger partial charge in [0.25, 0.3) is 0 Å². The van der Waals surface area contributed by atoms with Crippen molar-refractivity contribution in [3.05, 3.63) is 35.4 Å². The normalized spacial score (nSPS) is 22.5. The summed E-state index contributed by atoms with van der Waals surface area (Å²) < 4.78 is 5.03. The molecule has 1 aliphatic carbocycles. The van der Waals surface area contributed by atoms with Crippen molar-refractivity contribution >= 4 is 5.97 Å². The van der Waals surface area contributed by atoms with Crippen LogP contribution in [0.2, 0.25) is 0 Å². The zero-order valence-electron chi connectivity index (χ0n) is 12.3. The van der Waals surface area contributed by atoms with Crippen LogP contribution in [0, 0.1) is 5.92 Å². The molecule has 0 atom stereocenters. The Kier molecular flexibility index (Phi) is 5.60. The zero-order valence-corrected chi connectivity index (χ0v) is 12.3. The summed E-state index contributed by atoms with van der Waals surface area (Å²) in [5.41, 5.74) is 8.22. The Bertz CT molecular complexity index is 419. The van der Waals surface area contributed by atoms with Crippen molar-refractivity contribution in [1.29, 1.82) is 0 Å². The smallest absolute Gasteiger partial charge is 0.306 e. The Hall–Kier alpha value is -1.35. The molecule has 20 heavy (non-hydrogen) atoms. The molecule has 0 spiro atoms. The molecule has 3 heteroatoms. The molecule has 1 fully saturated rings. The molecule has 0 saturated heterocycles. The van der Waals surface area contributed by atoms with Crippen molar-refractivity contribution in [1.82, 2.24) is 0 Å². The summed E-state index contributed by atoms with van der Waals surface area (Å²) in [6.45, 7) is 2.95. The number of rotatable bonds is 5. The second-order valence-electron chi connectivity index (χ2n) is 5.67. The minimum Gasteiger partial charge on any atom is -0.466 e. The van der Waals surface area contributed by atoms with Crippen LogP contribution in [-0.4, -0.2) is 12.6 Å². The third-order valence-corrected chi connectivity index (χ3v) is 4.29. The number of ether oxygens (including phenoxy) is 1. The van der Waals surface area contributed by atoms with Crippen LogP contribution in [0.25, 0.3) is 0 Å². The quantitative estimate of drug-likeness (QED) is 0.838. The minimum atomic E-state index is -0.0387. The molecule has 2 N–H and O–H groups in total. The predicted molar refractivity (Wildman–Crippen MR) is 80.3 cm³/mol. The van der Waals surface area contributed by atoms with Crippen LogP contribution >= 0.6 is 0 Å². The van der Waals surface area contributed by atoms with E-state index < -0.39 is 0 Å². The highest BCUT2D eigenvalue weighted by Gasteiger charge is 2.24. The van der Waals surface area contributed by atoms with Crippen molar-refractivity contribution in [2.45, 2.75) is 51.5 Å². The van der Waals surface area contributed by atoms with E-state index in [1.54, 1.807) is 0 Å². The van der Waals surface area contributed by atoms with Gasteiger partial charge in [0.2, 0.25) is 0 Å². The first-order valence-electron chi connectivity index (χ1n) is 7.67. The van der Waals surface area contributed by atoms with Gasteiger partial charge in [-0.25, -0.2) is 0 Å². The van der Waals surface area contributed by atoms with Crippen LogP contribution in [0.5, 0.6) is 0 Å². The predicted octanol–water partition coefficient (Wildman–Crippen LogP) is 3.37. The molecular weight excluding hydrogens is 250 g/mol. The highest BCUT2D eigenvalue weighted by Crippen LogP contribution is 2.37. The Morgan fingerprint density at radius 3 is 2.40 bits per heavy atom. The fraction of sp³-hybridized carbons (Fsp3) is 0.588. The van der Waals surface area contributed by atoms with Gasteiger partial charge in [-0.3, -0.25) is 4.79 Å². The van der Waals surface area contributed by atoms with Gasteiger partial charge in [-0.2, -0.15) is 0 Å². The highest BCUT2D eigenvalue weighted by atomic mass is 16.5. The van der Waals surface area contributed by atoms with Gasteiger partial charge in [0, 0.05) is 13.0 Å². The van der Waals surface area contributed by atoms with Crippen molar-refractivity contribution in [3.8, 4) is 0 Å². The minimum absolute atomic E-state index is 0.0387. The van der Waals surface area contributed by atoms with Gasteiger partial charge in [0.05, 0.1) is 6.61 Å². The van der Waals surface area contributed by atoms with Crippen molar-refractivity contribution < 1.29 is 9.53 Å². The molecule has 3 nitrogen and oxygen atoms in total. The van der Waals surface area contributed by atoms with Crippen LogP contribution in [0.3, 0.4) is 0 Å². The molecule has 0 amide bonds. The van der Waals surface area contributed by atoms with Gasteiger partial charge in [0.1, 0.15) is 0 Å². The van der Waals surface area contributed by atoms with Crippen LogP contribution in [0.15, 0.2) is 24.3 Å². The first kappa shape index (κ1) is 15.0. The van der Waals surface area contributed by atoms with E-state index in [0.29, 0.717) is 31.4 Å². The fourth-order valence-corrected chi connectivity index (χ4v) is 3.08. The molecule has 2 rings (SSSR count). The number of nitrogens with two attached hydrogens (primary N) is 1. The lowest BCUT2D eigenvalue weighted by Gasteiger charge is -2.28. The summed E-state index contributed by atoms with van der Waals surface area (Å²) in [5, 5.41) is 0. The van der Waals surface area contributed by atoms with Gasteiger partial charge >= 0.3 is 5.97 Å². The van der Waals surface area contributed by atoms with E-state index in [4.69, 9.17) is 10.5 Å². The Balaban J connectivity index is 1.82. The number of carbonyl (C=O) groups is 1. The average Bonchev–Trinajstić information content (AvgIpc) is 2.48. The molecule has 1 saturated carbocycles. The average molecular weight is 275 g/mol. The second kappa shape index (κ2) is 7.44. The molecule has 0 aliphatic heterocycles. The van der Waals surface area contributed by atoms with Crippen molar-refractivity contribution in [2.75, 3.05) is 6.61 Å². The van der Waals surface area contributed by atoms with E-state index >= 15 is 0 Å². The Labute approximate surface area is 121 Å². The summed E-state index contributed by atoms with van der Waals surface area (Å²) in [6.07, 6.45) is 5.19. The topological polar surface area (TPSA) is 52.3 Å². The van der Waals surface area contributed by atoms with Crippen LogP contribution in [-0.2, 0) is 16.1 Å². The maximum absolute atomic E-state index is 11.5. The lowest BCUT2D eigenvalue weighted by Crippen LogP contribution is -2.18. The zero-order chi connectivity index (χ0) is 14.4. The van der Waals surface area contributed by atoms with E-state index in [0.717, 1.165) is 12.8 Å². The number of hydrogen-bond donors (Lipinski definition) is 1. The van der Waals surface area contributed by atoms with Crippen LogP contribution in [0.4, 0.5) is 0 Å². The van der Waals surface area contributed by atoms with Crippen LogP contribution in [0.1, 0.15) is 56.1 Å². The molecule has 1 aromatic carbocycles. The largest absolute Gasteiger partial charge is 0.466 e. The summed E-state index contributed by atoms with van der Waals surface area (Å²) >= 11 is 0. The third kappa shape index (κ3) is 4.07. The van der Waals surface area contributed by atoms with Crippen LogP contribution < -0.4 is 5.73 Å². The number of esters is 1. The van der Waals surface area contributed by atoms with E-state index in [-0.39, 0.29) is 5.97 Å². The molecule has 0 radical (unpaired) electrons. The van der Waals surface area contributed by atoms with E-state index in [9.17, 15) is 4.79 Å². The molecular formula is C17H25NO2. The lowest BCUT2D eigenvalue weighted by atomic mass is 9.77.